The maximum atomic E-state index is 13.5. The molecule has 2 rings (SSSR count). The molecule has 0 heterocycles. The monoisotopic (exact) mass is 305 g/mol. The third kappa shape index (κ3) is 3.53. The van der Waals surface area contributed by atoms with E-state index in [9.17, 15) is 22.3 Å². The van der Waals surface area contributed by atoms with Gasteiger partial charge in [0.25, 0.3) is 0 Å². The first-order chi connectivity index (χ1) is 9.32. The van der Waals surface area contributed by atoms with Crippen LogP contribution in [0.1, 0.15) is 32.1 Å². The SMILES string of the molecule is O=S(=O)(NCC1(O)CCCCC1)c1ccc(F)cc1F. The zero-order chi connectivity index (χ0) is 14.8. The zero-order valence-corrected chi connectivity index (χ0v) is 11.7. The fourth-order valence-electron chi connectivity index (χ4n) is 2.39. The van der Waals surface area contributed by atoms with Crippen LogP contribution >= 0.6 is 0 Å². The normalized spacial score (nSPS) is 18.9. The van der Waals surface area contributed by atoms with Crippen molar-refractivity contribution in [2.24, 2.45) is 0 Å². The van der Waals surface area contributed by atoms with Gasteiger partial charge in [0.2, 0.25) is 10.0 Å². The molecule has 1 aromatic rings. The Morgan fingerprint density at radius 3 is 2.45 bits per heavy atom. The lowest BCUT2D eigenvalue weighted by Crippen LogP contribution is -2.44. The van der Waals surface area contributed by atoms with Crippen LogP contribution in [0.4, 0.5) is 8.78 Å². The van der Waals surface area contributed by atoms with Gasteiger partial charge in [0.1, 0.15) is 16.5 Å². The zero-order valence-electron chi connectivity index (χ0n) is 10.9. The lowest BCUT2D eigenvalue weighted by molar-refractivity contribution is 0.00944. The molecule has 0 bridgehead atoms. The Morgan fingerprint density at radius 1 is 1.20 bits per heavy atom. The van der Waals surface area contributed by atoms with E-state index in [1.807, 2.05) is 0 Å². The van der Waals surface area contributed by atoms with Gasteiger partial charge in [-0.25, -0.2) is 21.9 Å². The summed E-state index contributed by atoms with van der Waals surface area (Å²) in [5.41, 5.74) is -1.08. The molecule has 7 heteroatoms. The Bertz CT molecular complexity index is 583. The van der Waals surface area contributed by atoms with Gasteiger partial charge < -0.3 is 5.11 Å². The van der Waals surface area contributed by atoms with E-state index in [2.05, 4.69) is 4.72 Å². The van der Waals surface area contributed by atoms with Gasteiger partial charge in [0, 0.05) is 12.6 Å². The molecule has 112 valence electrons. The predicted octanol–water partition coefficient (Wildman–Crippen LogP) is 1.94. The highest BCUT2D eigenvalue weighted by atomic mass is 32.2. The lowest BCUT2D eigenvalue weighted by Gasteiger charge is -2.32. The van der Waals surface area contributed by atoms with Crippen LogP contribution in [0.5, 0.6) is 0 Å². The van der Waals surface area contributed by atoms with Crippen molar-refractivity contribution in [3.05, 3.63) is 29.8 Å². The minimum atomic E-state index is -4.10. The number of aliphatic hydroxyl groups is 1. The third-order valence-electron chi connectivity index (χ3n) is 3.56. The molecular formula is C13H17F2NO3S. The summed E-state index contributed by atoms with van der Waals surface area (Å²) in [6, 6.07) is 2.27. The Morgan fingerprint density at radius 2 is 1.85 bits per heavy atom. The molecule has 1 aromatic carbocycles. The smallest absolute Gasteiger partial charge is 0.243 e. The topological polar surface area (TPSA) is 66.4 Å². The molecule has 0 aliphatic heterocycles. The lowest BCUT2D eigenvalue weighted by atomic mass is 9.85. The minimum Gasteiger partial charge on any atom is -0.389 e. The van der Waals surface area contributed by atoms with Gasteiger partial charge >= 0.3 is 0 Å². The molecular weight excluding hydrogens is 288 g/mol. The van der Waals surface area contributed by atoms with Gasteiger partial charge in [0.15, 0.2) is 0 Å². The second-order valence-electron chi connectivity index (χ2n) is 5.18. The van der Waals surface area contributed by atoms with Gasteiger partial charge in [0.05, 0.1) is 5.60 Å². The van der Waals surface area contributed by atoms with Gasteiger partial charge in [-0.3, -0.25) is 0 Å². The number of benzene rings is 1. The van der Waals surface area contributed by atoms with Crippen LogP contribution < -0.4 is 4.72 Å². The quantitative estimate of drug-likeness (QED) is 0.893. The summed E-state index contributed by atoms with van der Waals surface area (Å²) in [7, 11) is -4.10. The number of nitrogens with one attached hydrogen (secondary N) is 1. The van der Waals surface area contributed by atoms with Crippen molar-refractivity contribution in [1.82, 2.24) is 4.72 Å². The standard InChI is InChI=1S/C13H17F2NO3S/c14-10-4-5-12(11(15)8-10)20(18,19)16-9-13(17)6-2-1-3-7-13/h4-5,8,16-17H,1-3,6-7,9H2. The van der Waals surface area contributed by atoms with Crippen molar-refractivity contribution in [3.63, 3.8) is 0 Å². The molecule has 4 nitrogen and oxygen atoms in total. The van der Waals surface area contributed by atoms with Gasteiger partial charge in [-0.2, -0.15) is 0 Å². The first kappa shape index (κ1) is 15.3. The van der Waals surface area contributed by atoms with Crippen molar-refractivity contribution in [2.75, 3.05) is 6.54 Å². The van der Waals surface area contributed by atoms with Gasteiger partial charge in [-0.15, -0.1) is 0 Å². The summed E-state index contributed by atoms with van der Waals surface area (Å²) in [6.07, 6.45) is 3.72. The molecule has 1 saturated carbocycles. The fraction of sp³-hybridized carbons (Fsp3) is 0.538. The van der Waals surface area contributed by atoms with Crippen molar-refractivity contribution < 1.29 is 22.3 Å². The first-order valence-corrected chi connectivity index (χ1v) is 7.98. The second kappa shape index (κ2) is 5.75. The Labute approximate surface area is 116 Å². The third-order valence-corrected chi connectivity index (χ3v) is 4.99. The van der Waals surface area contributed by atoms with Crippen molar-refractivity contribution in [1.29, 1.82) is 0 Å². The van der Waals surface area contributed by atoms with E-state index in [1.54, 1.807) is 0 Å². The Balaban J connectivity index is 2.11. The van der Waals surface area contributed by atoms with Crippen LogP contribution in [0.2, 0.25) is 0 Å². The summed E-state index contributed by atoms with van der Waals surface area (Å²) in [5.74, 6) is -1.99. The first-order valence-electron chi connectivity index (χ1n) is 6.50. The summed E-state index contributed by atoms with van der Waals surface area (Å²) in [4.78, 5) is -0.613. The van der Waals surface area contributed by atoms with E-state index in [0.29, 0.717) is 18.9 Å². The maximum Gasteiger partial charge on any atom is 0.243 e. The van der Waals surface area contributed by atoms with Gasteiger partial charge in [-0.1, -0.05) is 19.3 Å². The van der Waals surface area contributed by atoms with E-state index in [4.69, 9.17) is 0 Å². The molecule has 0 amide bonds. The highest BCUT2D eigenvalue weighted by Gasteiger charge is 2.31. The molecule has 0 radical (unpaired) electrons. The van der Waals surface area contributed by atoms with E-state index < -0.39 is 32.2 Å². The molecule has 2 N–H and O–H groups in total. The largest absolute Gasteiger partial charge is 0.389 e. The molecule has 0 spiro atoms. The van der Waals surface area contributed by atoms with Crippen molar-refractivity contribution >= 4 is 10.0 Å². The number of rotatable bonds is 4. The second-order valence-corrected chi connectivity index (χ2v) is 6.92. The summed E-state index contributed by atoms with van der Waals surface area (Å²) < 4.78 is 52.4. The molecule has 1 aliphatic rings. The van der Waals surface area contributed by atoms with Crippen LogP contribution in [0.15, 0.2) is 23.1 Å². The van der Waals surface area contributed by atoms with Crippen molar-refractivity contribution in [2.45, 2.75) is 42.6 Å². The highest BCUT2D eigenvalue weighted by Crippen LogP contribution is 2.27. The highest BCUT2D eigenvalue weighted by molar-refractivity contribution is 7.89. The summed E-state index contributed by atoms with van der Waals surface area (Å²) in [5, 5.41) is 10.2. The van der Waals surface area contributed by atoms with Gasteiger partial charge in [-0.05, 0) is 25.0 Å². The number of sulfonamides is 1. The van der Waals surface area contributed by atoms with Crippen molar-refractivity contribution in [3.8, 4) is 0 Å². The van der Waals surface area contributed by atoms with Crippen LogP contribution in [-0.4, -0.2) is 25.7 Å². The molecule has 0 saturated heterocycles. The van der Waals surface area contributed by atoms with E-state index in [0.717, 1.165) is 31.4 Å². The number of hydrogen-bond acceptors (Lipinski definition) is 3. The Kier molecular flexibility index (Phi) is 4.41. The molecule has 0 unspecified atom stereocenters. The average Bonchev–Trinajstić information content (AvgIpc) is 2.37. The number of halogens is 2. The minimum absolute atomic E-state index is 0.161. The van der Waals surface area contributed by atoms with Crippen LogP contribution in [0.3, 0.4) is 0 Å². The number of hydrogen-bond donors (Lipinski definition) is 2. The van der Waals surface area contributed by atoms with E-state index >= 15 is 0 Å². The average molecular weight is 305 g/mol. The molecule has 0 atom stereocenters. The van der Waals surface area contributed by atoms with Crippen LogP contribution in [0.25, 0.3) is 0 Å². The molecule has 0 aromatic heterocycles. The summed E-state index contributed by atoms with van der Waals surface area (Å²) >= 11 is 0. The Hall–Kier alpha value is -1.05. The van der Waals surface area contributed by atoms with Crippen LogP contribution in [-0.2, 0) is 10.0 Å². The van der Waals surface area contributed by atoms with Crippen LogP contribution in [0, 0.1) is 11.6 Å². The molecule has 20 heavy (non-hydrogen) atoms. The van der Waals surface area contributed by atoms with E-state index in [-0.39, 0.29) is 6.54 Å². The molecule has 1 aliphatic carbocycles. The summed E-state index contributed by atoms with van der Waals surface area (Å²) in [6.45, 7) is -0.161. The van der Waals surface area contributed by atoms with E-state index in [1.165, 1.54) is 0 Å². The maximum absolute atomic E-state index is 13.5. The predicted molar refractivity (Wildman–Crippen MR) is 69.6 cm³/mol. The molecule has 1 fully saturated rings. The fourth-order valence-corrected chi connectivity index (χ4v) is 3.56.